The molecular formula is C28H21F6N5O4S. The first-order valence-electron chi connectivity index (χ1n) is 12.5. The molecule has 230 valence electrons. The van der Waals surface area contributed by atoms with Gasteiger partial charge in [0.2, 0.25) is 0 Å². The van der Waals surface area contributed by atoms with Gasteiger partial charge in [0, 0.05) is 30.7 Å². The Labute approximate surface area is 246 Å². The minimum absolute atomic E-state index is 0.0810. The number of oxazole rings is 1. The van der Waals surface area contributed by atoms with Crippen molar-refractivity contribution in [3.63, 3.8) is 0 Å². The van der Waals surface area contributed by atoms with Crippen LogP contribution in [0.5, 0.6) is 5.75 Å². The van der Waals surface area contributed by atoms with E-state index in [0.717, 1.165) is 22.9 Å². The number of ether oxygens (including phenoxy) is 1. The van der Waals surface area contributed by atoms with E-state index in [9.17, 15) is 34.8 Å². The second-order valence-electron chi connectivity index (χ2n) is 9.51. The Kier molecular flexibility index (Phi) is 7.67. The van der Waals surface area contributed by atoms with E-state index in [1.54, 1.807) is 30.3 Å². The molecule has 0 aliphatic rings. The van der Waals surface area contributed by atoms with Gasteiger partial charge in [-0.3, -0.25) is 9.40 Å². The summed E-state index contributed by atoms with van der Waals surface area (Å²) in [5.41, 5.74) is 1.22. The van der Waals surface area contributed by atoms with Gasteiger partial charge in [0.15, 0.2) is 17.3 Å². The number of hydrogen-bond donors (Lipinski definition) is 2. The van der Waals surface area contributed by atoms with E-state index in [-0.39, 0.29) is 39.9 Å². The van der Waals surface area contributed by atoms with Gasteiger partial charge in [-0.05, 0) is 59.7 Å². The summed E-state index contributed by atoms with van der Waals surface area (Å²) in [6.45, 7) is 1.53. The molecule has 5 aromatic rings. The predicted octanol–water partition coefficient (Wildman–Crippen LogP) is 6.92. The second-order valence-corrected chi connectivity index (χ2v) is 10.8. The molecule has 0 radical (unpaired) electrons. The molecule has 0 spiro atoms. The van der Waals surface area contributed by atoms with Crippen LogP contribution >= 0.6 is 0 Å². The predicted molar refractivity (Wildman–Crippen MR) is 148 cm³/mol. The number of nitrogens with one attached hydrogen (secondary N) is 1. The minimum Gasteiger partial charge on any atom is -0.440 e. The summed E-state index contributed by atoms with van der Waals surface area (Å²) in [6.07, 6.45) is -9.62. The summed E-state index contributed by atoms with van der Waals surface area (Å²) in [5, 5.41) is 8.70. The van der Waals surface area contributed by atoms with Gasteiger partial charge in [0.05, 0.1) is 11.4 Å². The first kappa shape index (κ1) is 30.6. The number of aromatic nitrogens is 3. The Morgan fingerprint density at radius 2 is 1.55 bits per heavy atom. The summed E-state index contributed by atoms with van der Waals surface area (Å²) in [5.74, 6) is -0.187. The Morgan fingerprint density at radius 1 is 0.886 bits per heavy atom. The second kappa shape index (κ2) is 11.0. The molecule has 5 rings (SSSR count). The minimum atomic E-state index is -4.90. The Balaban J connectivity index is 1.69. The number of anilines is 1. The highest BCUT2D eigenvalue weighted by atomic mass is 32.2. The number of rotatable bonds is 7. The van der Waals surface area contributed by atoms with E-state index >= 15 is 0 Å². The van der Waals surface area contributed by atoms with Crippen molar-refractivity contribution >= 4 is 15.9 Å². The van der Waals surface area contributed by atoms with Crippen molar-refractivity contribution in [2.24, 2.45) is 12.2 Å². The van der Waals surface area contributed by atoms with Gasteiger partial charge in [-0.15, -0.1) is 13.2 Å². The fourth-order valence-corrected chi connectivity index (χ4v) is 4.99. The van der Waals surface area contributed by atoms with Crippen molar-refractivity contribution in [2.45, 2.75) is 19.5 Å². The zero-order valence-corrected chi connectivity index (χ0v) is 23.5. The highest BCUT2D eigenvalue weighted by molar-refractivity contribution is 7.90. The van der Waals surface area contributed by atoms with E-state index < -0.39 is 34.2 Å². The van der Waals surface area contributed by atoms with Crippen LogP contribution in [-0.4, -0.2) is 29.5 Å². The van der Waals surface area contributed by atoms with Gasteiger partial charge < -0.3 is 9.15 Å². The van der Waals surface area contributed by atoms with Gasteiger partial charge in [0.25, 0.3) is 10.2 Å². The lowest BCUT2D eigenvalue weighted by molar-refractivity contribution is -0.274. The van der Waals surface area contributed by atoms with Gasteiger partial charge in [-0.1, -0.05) is 24.3 Å². The zero-order valence-electron chi connectivity index (χ0n) is 22.7. The average Bonchev–Trinajstić information content (AvgIpc) is 3.50. The molecule has 3 N–H and O–H groups in total. The average molecular weight is 638 g/mol. The lowest BCUT2D eigenvalue weighted by Crippen LogP contribution is -2.21. The van der Waals surface area contributed by atoms with E-state index in [1.165, 1.54) is 38.2 Å². The van der Waals surface area contributed by atoms with Crippen LogP contribution in [0, 0.1) is 6.92 Å². The fourth-order valence-electron chi connectivity index (χ4n) is 4.54. The van der Waals surface area contributed by atoms with Crippen molar-refractivity contribution in [1.29, 1.82) is 0 Å². The van der Waals surface area contributed by atoms with E-state index in [2.05, 4.69) is 19.5 Å². The quantitative estimate of drug-likeness (QED) is 0.187. The zero-order chi connectivity index (χ0) is 32.0. The molecule has 44 heavy (non-hydrogen) atoms. The Bertz CT molecular complexity index is 1950. The number of benzene rings is 3. The van der Waals surface area contributed by atoms with Crippen LogP contribution in [0.1, 0.15) is 11.6 Å². The van der Waals surface area contributed by atoms with Crippen LogP contribution in [0.15, 0.2) is 77.2 Å². The molecule has 16 heteroatoms. The number of aryl methyl sites for hydroxylation is 2. The molecule has 9 nitrogen and oxygen atoms in total. The first-order chi connectivity index (χ1) is 20.5. The number of nitrogens with zero attached hydrogens (tertiary/aromatic N) is 3. The Hall–Kier alpha value is -4.83. The van der Waals surface area contributed by atoms with Crippen molar-refractivity contribution < 1.29 is 43.9 Å². The van der Waals surface area contributed by atoms with E-state index in [1.807, 2.05) is 0 Å². The van der Waals surface area contributed by atoms with Crippen molar-refractivity contribution in [3.05, 3.63) is 84.4 Å². The molecule has 0 atom stereocenters. The monoisotopic (exact) mass is 637 g/mol. The molecule has 0 saturated carbocycles. The van der Waals surface area contributed by atoms with Gasteiger partial charge in [-0.25, -0.2) is 10.1 Å². The summed E-state index contributed by atoms with van der Waals surface area (Å²) in [4.78, 5) is 4.40. The highest BCUT2D eigenvalue weighted by Gasteiger charge is 2.35. The third kappa shape index (κ3) is 6.86. The van der Waals surface area contributed by atoms with Crippen LogP contribution in [0.2, 0.25) is 0 Å². The fraction of sp³-hybridized carbons (Fsp3) is 0.143. The lowest BCUT2D eigenvalue weighted by atomic mass is 9.94. The molecule has 0 saturated heterocycles. The maximum absolute atomic E-state index is 13.5. The van der Waals surface area contributed by atoms with Crippen LogP contribution < -0.4 is 14.6 Å². The standard InChI is InChI=1S/C28H21F6N5O4S/c1-15-36-25(16-6-9-20(10-7-16)43-28(32,33)34)26(42-15)22-13-18(17-4-3-5-19(12-17)38-44(35,40)41)8-11-21(22)23-14-24(27(29,30)31)37-39(23)2/h3-14,38H,1-2H3,(H2,35,40,41). The number of nitrogens with two attached hydrogens (primary N) is 1. The summed E-state index contributed by atoms with van der Waals surface area (Å²) < 4.78 is 115. The Morgan fingerprint density at radius 3 is 2.16 bits per heavy atom. The number of halogens is 6. The first-order valence-corrected chi connectivity index (χ1v) is 14.0. The largest absolute Gasteiger partial charge is 0.573 e. The third-order valence-corrected chi connectivity index (χ3v) is 6.78. The van der Waals surface area contributed by atoms with E-state index in [0.29, 0.717) is 16.7 Å². The van der Waals surface area contributed by atoms with Crippen LogP contribution in [0.25, 0.3) is 45.0 Å². The van der Waals surface area contributed by atoms with Crippen LogP contribution in [0.4, 0.5) is 32.0 Å². The number of hydrogen-bond acceptors (Lipinski definition) is 6. The van der Waals surface area contributed by atoms with Gasteiger partial charge >= 0.3 is 12.5 Å². The maximum atomic E-state index is 13.5. The van der Waals surface area contributed by atoms with Crippen molar-refractivity contribution in [3.8, 4) is 50.7 Å². The molecular weight excluding hydrogens is 616 g/mol. The van der Waals surface area contributed by atoms with Crippen LogP contribution in [-0.2, 0) is 23.4 Å². The molecule has 0 aliphatic carbocycles. The molecule has 0 amide bonds. The third-order valence-electron chi connectivity index (χ3n) is 6.26. The molecule has 3 aromatic carbocycles. The van der Waals surface area contributed by atoms with Crippen molar-refractivity contribution in [2.75, 3.05) is 4.72 Å². The van der Waals surface area contributed by atoms with Crippen molar-refractivity contribution in [1.82, 2.24) is 14.8 Å². The summed E-state index contributed by atoms with van der Waals surface area (Å²) in [7, 11) is -2.73. The number of alkyl halides is 6. The smallest absolute Gasteiger partial charge is 0.440 e. The molecule has 0 fully saturated rings. The highest BCUT2D eigenvalue weighted by Crippen LogP contribution is 2.42. The molecule has 2 heterocycles. The summed E-state index contributed by atoms with van der Waals surface area (Å²) >= 11 is 0. The normalized spacial score (nSPS) is 12.4. The SMILES string of the molecule is Cc1nc(-c2ccc(OC(F)(F)F)cc2)c(-c2cc(-c3cccc(NS(N)(=O)=O)c3)ccc2-c2cc(C(F)(F)F)nn2C)o1. The molecule has 0 aliphatic heterocycles. The van der Waals surface area contributed by atoms with Crippen LogP contribution in [0.3, 0.4) is 0 Å². The van der Waals surface area contributed by atoms with Gasteiger partial charge in [0.1, 0.15) is 11.4 Å². The molecule has 0 bridgehead atoms. The maximum Gasteiger partial charge on any atom is 0.573 e. The van der Waals surface area contributed by atoms with E-state index in [4.69, 9.17) is 9.56 Å². The topological polar surface area (TPSA) is 125 Å². The molecule has 2 aromatic heterocycles. The molecule has 0 unspecified atom stereocenters. The summed E-state index contributed by atoms with van der Waals surface area (Å²) in [6, 6.07) is 16.7. The lowest BCUT2D eigenvalue weighted by Gasteiger charge is -2.13. The van der Waals surface area contributed by atoms with Gasteiger partial charge in [-0.2, -0.15) is 26.7 Å².